The number of rotatable bonds is 3. The average Bonchev–Trinajstić information content (AvgIpc) is 2.77. The molecule has 0 atom stereocenters. The molecule has 0 spiro atoms. The van der Waals surface area contributed by atoms with E-state index in [1.165, 1.54) is 11.1 Å². The SMILES string of the molecule is CCn1c(Cc2ccc(N)cc2)nc2cc(Br)ccc21. The second-order valence-corrected chi connectivity index (χ2v) is 5.74. The van der Waals surface area contributed by atoms with Crippen molar-refractivity contribution in [3.63, 3.8) is 0 Å². The number of aryl methyl sites for hydroxylation is 1. The number of fused-ring (bicyclic) bond motifs is 1. The fraction of sp³-hybridized carbons (Fsp3) is 0.188. The Hall–Kier alpha value is -1.81. The number of halogens is 1. The molecule has 3 nitrogen and oxygen atoms in total. The van der Waals surface area contributed by atoms with Gasteiger partial charge in [0.2, 0.25) is 0 Å². The van der Waals surface area contributed by atoms with Gasteiger partial charge in [0.05, 0.1) is 11.0 Å². The molecule has 0 saturated carbocycles. The van der Waals surface area contributed by atoms with Crippen LogP contribution in [0.1, 0.15) is 18.3 Å². The van der Waals surface area contributed by atoms with Crippen molar-refractivity contribution in [2.24, 2.45) is 0 Å². The molecule has 1 aromatic heterocycles. The molecule has 0 bridgehead atoms. The highest BCUT2D eigenvalue weighted by molar-refractivity contribution is 9.10. The van der Waals surface area contributed by atoms with E-state index >= 15 is 0 Å². The zero-order valence-corrected chi connectivity index (χ0v) is 12.9. The van der Waals surface area contributed by atoms with E-state index in [-0.39, 0.29) is 0 Å². The summed E-state index contributed by atoms with van der Waals surface area (Å²) in [5.41, 5.74) is 9.96. The normalized spacial score (nSPS) is 11.1. The highest BCUT2D eigenvalue weighted by Gasteiger charge is 2.10. The molecule has 0 fully saturated rings. The molecule has 2 N–H and O–H groups in total. The van der Waals surface area contributed by atoms with Crippen LogP contribution in [0.4, 0.5) is 5.69 Å². The summed E-state index contributed by atoms with van der Waals surface area (Å²) in [6.07, 6.45) is 0.820. The Kier molecular flexibility index (Phi) is 3.49. The third kappa shape index (κ3) is 2.43. The van der Waals surface area contributed by atoms with E-state index in [0.717, 1.165) is 34.5 Å². The Morgan fingerprint density at radius 3 is 2.60 bits per heavy atom. The van der Waals surface area contributed by atoms with E-state index in [4.69, 9.17) is 10.7 Å². The third-order valence-electron chi connectivity index (χ3n) is 3.45. The molecule has 0 aliphatic rings. The van der Waals surface area contributed by atoms with Crippen LogP contribution in [0, 0.1) is 0 Å². The van der Waals surface area contributed by atoms with Gasteiger partial charge in [0.1, 0.15) is 5.82 Å². The van der Waals surface area contributed by atoms with Crippen LogP contribution in [0.5, 0.6) is 0 Å². The van der Waals surface area contributed by atoms with E-state index in [0.29, 0.717) is 0 Å². The van der Waals surface area contributed by atoms with Crippen LogP contribution in [0.2, 0.25) is 0 Å². The smallest absolute Gasteiger partial charge is 0.114 e. The number of hydrogen-bond donors (Lipinski definition) is 1. The molecule has 20 heavy (non-hydrogen) atoms. The first-order chi connectivity index (χ1) is 9.67. The number of aromatic nitrogens is 2. The van der Waals surface area contributed by atoms with Gasteiger partial charge in [-0.15, -0.1) is 0 Å². The van der Waals surface area contributed by atoms with Crippen LogP contribution >= 0.6 is 15.9 Å². The molecule has 0 amide bonds. The Labute approximate surface area is 126 Å². The van der Waals surface area contributed by atoms with E-state index < -0.39 is 0 Å². The van der Waals surface area contributed by atoms with Crippen molar-refractivity contribution in [3.05, 3.63) is 58.3 Å². The summed E-state index contributed by atoms with van der Waals surface area (Å²) in [4.78, 5) is 4.76. The first-order valence-electron chi connectivity index (χ1n) is 6.66. The minimum Gasteiger partial charge on any atom is -0.399 e. The Bertz CT molecular complexity index is 744. The van der Waals surface area contributed by atoms with Gasteiger partial charge in [-0.2, -0.15) is 0 Å². The molecule has 1 heterocycles. The van der Waals surface area contributed by atoms with Crippen molar-refractivity contribution in [2.75, 3.05) is 5.73 Å². The average molecular weight is 330 g/mol. The molecule has 0 radical (unpaired) electrons. The fourth-order valence-electron chi connectivity index (χ4n) is 2.46. The highest BCUT2D eigenvalue weighted by Crippen LogP contribution is 2.22. The van der Waals surface area contributed by atoms with Crippen molar-refractivity contribution >= 4 is 32.7 Å². The summed E-state index contributed by atoms with van der Waals surface area (Å²) in [6, 6.07) is 14.2. The molecule has 0 aliphatic carbocycles. The summed E-state index contributed by atoms with van der Waals surface area (Å²) in [5.74, 6) is 1.09. The molecular weight excluding hydrogens is 314 g/mol. The zero-order chi connectivity index (χ0) is 14.1. The second-order valence-electron chi connectivity index (χ2n) is 4.82. The van der Waals surface area contributed by atoms with Crippen LogP contribution in [-0.4, -0.2) is 9.55 Å². The quantitative estimate of drug-likeness (QED) is 0.738. The lowest BCUT2D eigenvalue weighted by Gasteiger charge is -2.06. The van der Waals surface area contributed by atoms with Gasteiger partial charge in [-0.1, -0.05) is 28.1 Å². The molecule has 0 aliphatic heterocycles. The van der Waals surface area contributed by atoms with Crippen molar-refractivity contribution in [2.45, 2.75) is 19.9 Å². The first kappa shape index (κ1) is 13.2. The molecule has 0 unspecified atom stereocenters. The van der Waals surface area contributed by atoms with Gasteiger partial charge in [0.25, 0.3) is 0 Å². The minimum atomic E-state index is 0.793. The molecule has 2 aromatic carbocycles. The Morgan fingerprint density at radius 1 is 1.15 bits per heavy atom. The van der Waals surface area contributed by atoms with Gasteiger partial charge >= 0.3 is 0 Å². The maximum absolute atomic E-state index is 5.73. The van der Waals surface area contributed by atoms with E-state index in [9.17, 15) is 0 Å². The van der Waals surface area contributed by atoms with Gasteiger partial charge in [-0.05, 0) is 42.8 Å². The zero-order valence-electron chi connectivity index (χ0n) is 11.3. The standard InChI is InChI=1S/C16H16BrN3/c1-2-20-15-8-5-12(17)10-14(15)19-16(20)9-11-3-6-13(18)7-4-11/h3-8,10H,2,9,18H2,1H3. The lowest BCUT2D eigenvalue weighted by atomic mass is 10.1. The van der Waals surface area contributed by atoms with Crippen LogP contribution in [0.25, 0.3) is 11.0 Å². The molecule has 4 heteroatoms. The highest BCUT2D eigenvalue weighted by atomic mass is 79.9. The van der Waals surface area contributed by atoms with Crippen molar-refractivity contribution in [3.8, 4) is 0 Å². The van der Waals surface area contributed by atoms with Crippen molar-refractivity contribution in [1.29, 1.82) is 0 Å². The van der Waals surface area contributed by atoms with Crippen LogP contribution < -0.4 is 5.73 Å². The van der Waals surface area contributed by atoms with Crippen molar-refractivity contribution in [1.82, 2.24) is 9.55 Å². The Morgan fingerprint density at radius 2 is 1.90 bits per heavy atom. The van der Waals surface area contributed by atoms with Crippen LogP contribution in [-0.2, 0) is 13.0 Å². The summed E-state index contributed by atoms with van der Waals surface area (Å²) < 4.78 is 3.32. The van der Waals surface area contributed by atoms with E-state index in [1.54, 1.807) is 0 Å². The van der Waals surface area contributed by atoms with Gasteiger partial charge in [0, 0.05) is 23.1 Å². The molecule has 102 valence electrons. The third-order valence-corrected chi connectivity index (χ3v) is 3.94. The maximum atomic E-state index is 5.73. The molecule has 3 aromatic rings. The maximum Gasteiger partial charge on any atom is 0.114 e. The topological polar surface area (TPSA) is 43.8 Å². The van der Waals surface area contributed by atoms with E-state index in [2.05, 4.69) is 57.8 Å². The summed E-state index contributed by atoms with van der Waals surface area (Å²) in [7, 11) is 0. The van der Waals surface area contributed by atoms with Gasteiger partial charge < -0.3 is 10.3 Å². The van der Waals surface area contributed by atoms with Crippen LogP contribution in [0.15, 0.2) is 46.9 Å². The predicted molar refractivity (Wildman–Crippen MR) is 86.8 cm³/mol. The molecule has 0 saturated heterocycles. The van der Waals surface area contributed by atoms with Crippen molar-refractivity contribution < 1.29 is 0 Å². The summed E-state index contributed by atoms with van der Waals surface area (Å²) in [6.45, 7) is 3.07. The predicted octanol–water partition coefficient (Wildman–Crippen LogP) is 3.99. The van der Waals surface area contributed by atoms with Gasteiger partial charge in [-0.25, -0.2) is 4.98 Å². The lowest BCUT2D eigenvalue weighted by molar-refractivity contribution is 0.733. The van der Waals surface area contributed by atoms with Crippen LogP contribution in [0.3, 0.4) is 0 Å². The number of hydrogen-bond acceptors (Lipinski definition) is 2. The second kappa shape index (κ2) is 5.29. The fourth-order valence-corrected chi connectivity index (χ4v) is 2.81. The van der Waals surface area contributed by atoms with E-state index in [1.807, 2.05) is 12.1 Å². The number of nitrogen functional groups attached to an aromatic ring is 1. The van der Waals surface area contributed by atoms with Gasteiger partial charge in [-0.3, -0.25) is 0 Å². The first-order valence-corrected chi connectivity index (χ1v) is 7.45. The number of benzene rings is 2. The lowest BCUT2D eigenvalue weighted by Crippen LogP contribution is -2.02. The largest absolute Gasteiger partial charge is 0.399 e. The summed E-state index contributed by atoms with van der Waals surface area (Å²) in [5, 5.41) is 0. The number of nitrogens with two attached hydrogens (primary N) is 1. The molecular formula is C16H16BrN3. The number of nitrogens with zero attached hydrogens (tertiary/aromatic N) is 2. The monoisotopic (exact) mass is 329 g/mol. The number of anilines is 1. The number of imidazole rings is 1. The molecule has 3 rings (SSSR count). The Balaban J connectivity index is 2.04. The minimum absolute atomic E-state index is 0.793. The van der Waals surface area contributed by atoms with Gasteiger partial charge in [0.15, 0.2) is 0 Å². The summed E-state index contributed by atoms with van der Waals surface area (Å²) >= 11 is 3.50.